The molecule has 8 unspecified atom stereocenters. The molecular weight excluding hydrogens is 670 g/mol. The summed E-state index contributed by atoms with van der Waals surface area (Å²) < 4.78 is 47.2. The predicted molar refractivity (Wildman–Crippen MR) is 192 cm³/mol. The second-order valence-electron chi connectivity index (χ2n) is 14.0. The number of aliphatic hydroxyl groups excluding tert-OH is 5. The van der Waals surface area contributed by atoms with Crippen LogP contribution in [0.5, 0.6) is 0 Å². The van der Waals surface area contributed by atoms with Crippen LogP contribution in [0.1, 0.15) is 162 Å². The Labute approximate surface area is 301 Å². The number of amides is 1. The average Bonchev–Trinajstić information content (AvgIpc) is 3.08. The topological polar surface area (TPSA) is 212 Å². The van der Waals surface area contributed by atoms with E-state index in [1.165, 1.54) is 77.0 Å². The van der Waals surface area contributed by atoms with E-state index < -0.39 is 78.5 Å². The lowest BCUT2D eigenvalue weighted by Crippen LogP contribution is -2.61. The van der Waals surface area contributed by atoms with Crippen LogP contribution in [0.25, 0.3) is 0 Å². The SMILES string of the molecule is CCCCCCCCCCCCCCCC(O)C(=O)NC(COC1OC(CO)C(O)C(OS(=O)(=O)O)C1O)C(O)CCCCCCCCCC. The van der Waals surface area contributed by atoms with Crippen molar-refractivity contribution in [1.82, 2.24) is 5.32 Å². The summed E-state index contributed by atoms with van der Waals surface area (Å²) in [5.74, 6) is -0.672. The van der Waals surface area contributed by atoms with E-state index in [4.69, 9.17) is 14.0 Å². The molecule has 0 spiro atoms. The van der Waals surface area contributed by atoms with Crippen LogP contribution in [-0.4, -0.2) is 107 Å². The Morgan fingerprint density at radius 1 is 0.720 bits per heavy atom. The minimum absolute atomic E-state index is 0.264. The Morgan fingerprint density at radius 3 is 1.60 bits per heavy atom. The predicted octanol–water partition coefficient (Wildman–Crippen LogP) is 4.85. The van der Waals surface area contributed by atoms with Gasteiger partial charge in [-0.2, -0.15) is 8.42 Å². The Morgan fingerprint density at radius 2 is 1.16 bits per heavy atom. The lowest BCUT2D eigenvalue weighted by atomic mass is 9.99. The van der Waals surface area contributed by atoms with Crippen LogP contribution in [-0.2, 0) is 28.9 Å². The fourth-order valence-electron chi connectivity index (χ4n) is 6.35. The zero-order chi connectivity index (χ0) is 37.2. The van der Waals surface area contributed by atoms with Crippen LogP contribution < -0.4 is 5.32 Å². The molecular formula is C36H71NO12S. The molecule has 7 N–H and O–H groups in total. The third kappa shape index (κ3) is 21.6. The first-order valence-corrected chi connectivity index (χ1v) is 20.9. The van der Waals surface area contributed by atoms with Gasteiger partial charge >= 0.3 is 10.4 Å². The molecule has 1 heterocycles. The summed E-state index contributed by atoms with van der Waals surface area (Å²) in [6, 6.07) is -1.02. The number of ether oxygens (including phenoxy) is 2. The van der Waals surface area contributed by atoms with Crippen molar-refractivity contribution in [3.05, 3.63) is 0 Å². The van der Waals surface area contributed by atoms with Gasteiger partial charge in [-0.05, 0) is 12.8 Å². The van der Waals surface area contributed by atoms with Crippen LogP contribution >= 0.6 is 0 Å². The monoisotopic (exact) mass is 741 g/mol. The van der Waals surface area contributed by atoms with Crippen molar-refractivity contribution in [3.63, 3.8) is 0 Å². The van der Waals surface area contributed by atoms with Crippen molar-refractivity contribution in [1.29, 1.82) is 0 Å². The molecule has 50 heavy (non-hydrogen) atoms. The molecule has 298 valence electrons. The number of rotatable bonds is 32. The smallest absolute Gasteiger partial charge is 0.394 e. The highest BCUT2D eigenvalue weighted by molar-refractivity contribution is 7.80. The zero-order valence-electron chi connectivity index (χ0n) is 30.8. The maximum absolute atomic E-state index is 13.0. The Hall–Kier alpha value is -0.940. The number of nitrogens with one attached hydrogen (secondary N) is 1. The normalized spacial score (nSPS) is 23.1. The van der Waals surface area contributed by atoms with E-state index in [1.807, 2.05) is 0 Å². The summed E-state index contributed by atoms with van der Waals surface area (Å²) in [5.41, 5.74) is 0. The van der Waals surface area contributed by atoms with Crippen LogP contribution in [0.4, 0.5) is 0 Å². The van der Waals surface area contributed by atoms with Gasteiger partial charge in [0.2, 0.25) is 5.91 Å². The van der Waals surface area contributed by atoms with Gasteiger partial charge in [-0.1, -0.05) is 149 Å². The molecule has 14 heteroatoms. The highest BCUT2D eigenvalue weighted by Crippen LogP contribution is 2.26. The molecule has 0 aromatic carbocycles. The summed E-state index contributed by atoms with van der Waals surface area (Å²) in [6.45, 7) is 3.20. The number of carbonyl (C=O) groups is 1. The van der Waals surface area contributed by atoms with E-state index in [0.29, 0.717) is 19.3 Å². The van der Waals surface area contributed by atoms with Crippen molar-refractivity contribution in [3.8, 4) is 0 Å². The molecule has 0 saturated carbocycles. The maximum Gasteiger partial charge on any atom is 0.397 e. The van der Waals surface area contributed by atoms with Crippen molar-refractivity contribution in [2.45, 2.75) is 210 Å². The summed E-state index contributed by atoms with van der Waals surface area (Å²) in [7, 11) is -5.10. The van der Waals surface area contributed by atoms with Gasteiger partial charge in [-0.25, -0.2) is 4.18 Å². The Kier molecular flexibility index (Phi) is 26.9. The lowest BCUT2D eigenvalue weighted by Gasteiger charge is -2.41. The van der Waals surface area contributed by atoms with Gasteiger partial charge in [0.25, 0.3) is 0 Å². The molecule has 0 radical (unpaired) electrons. The molecule has 1 amide bonds. The molecule has 1 aliphatic heterocycles. The highest BCUT2D eigenvalue weighted by Gasteiger charge is 2.48. The third-order valence-electron chi connectivity index (χ3n) is 9.52. The molecule has 1 rings (SSSR count). The first kappa shape index (κ1) is 47.1. The van der Waals surface area contributed by atoms with Gasteiger partial charge < -0.3 is 40.3 Å². The maximum atomic E-state index is 13.0. The quantitative estimate of drug-likeness (QED) is 0.0364. The van der Waals surface area contributed by atoms with Gasteiger partial charge in [-0.15, -0.1) is 0 Å². The molecule has 1 aliphatic rings. The van der Waals surface area contributed by atoms with Gasteiger partial charge in [0.05, 0.1) is 25.4 Å². The summed E-state index contributed by atoms with van der Waals surface area (Å²) in [6.07, 6.45) is 13.3. The lowest BCUT2D eigenvalue weighted by molar-refractivity contribution is -0.298. The molecule has 0 bridgehead atoms. The first-order chi connectivity index (χ1) is 23.9. The van der Waals surface area contributed by atoms with Crippen molar-refractivity contribution >= 4 is 16.3 Å². The van der Waals surface area contributed by atoms with Gasteiger partial charge in [0.1, 0.15) is 30.5 Å². The number of carbonyl (C=O) groups excluding carboxylic acids is 1. The minimum Gasteiger partial charge on any atom is -0.394 e. The second-order valence-corrected chi connectivity index (χ2v) is 15.1. The Balaban J connectivity index is 2.63. The van der Waals surface area contributed by atoms with E-state index in [0.717, 1.165) is 44.9 Å². The number of aliphatic hydroxyl groups is 5. The third-order valence-corrected chi connectivity index (χ3v) is 9.99. The summed E-state index contributed by atoms with van der Waals surface area (Å²) in [5, 5.41) is 54.9. The van der Waals surface area contributed by atoms with Gasteiger partial charge in [-0.3, -0.25) is 9.35 Å². The largest absolute Gasteiger partial charge is 0.397 e. The average molecular weight is 742 g/mol. The number of hydrogen-bond donors (Lipinski definition) is 7. The summed E-state index contributed by atoms with van der Waals surface area (Å²) in [4.78, 5) is 13.0. The molecule has 8 atom stereocenters. The van der Waals surface area contributed by atoms with Crippen LogP contribution in [0.15, 0.2) is 0 Å². The van der Waals surface area contributed by atoms with Gasteiger partial charge in [0.15, 0.2) is 6.29 Å². The van der Waals surface area contributed by atoms with Crippen molar-refractivity contribution in [2.75, 3.05) is 13.2 Å². The fourth-order valence-corrected chi connectivity index (χ4v) is 6.85. The molecule has 1 saturated heterocycles. The molecule has 0 aliphatic carbocycles. The molecule has 13 nitrogen and oxygen atoms in total. The molecule has 0 aromatic rings. The van der Waals surface area contributed by atoms with E-state index in [9.17, 15) is 38.7 Å². The second kappa shape index (κ2) is 28.5. The van der Waals surface area contributed by atoms with E-state index >= 15 is 0 Å². The zero-order valence-corrected chi connectivity index (χ0v) is 31.7. The van der Waals surface area contributed by atoms with Crippen LogP contribution in [0.3, 0.4) is 0 Å². The minimum atomic E-state index is -5.10. The molecule has 0 aromatic heterocycles. The van der Waals surface area contributed by atoms with Crippen molar-refractivity contribution in [2.24, 2.45) is 0 Å². The summed E-state index contributed by atoms with van der Waals surface area (Å²) >= 11 is 0. The first-order valence-electron chi connectivity index (χ1n) is 19.5. The van der Waals surface area contributed by atoms with Crippen LogP contribution in [0.2, 0.25) is 0 Å². The van der Waals surface area contributed by atoms with E-state index in [2.05, 4.69) is 23.3 Å². The van der Waals surface area contributed by atoms with Crippen molar-refractivity contribution < 1.29 is 57.0 Å². The van der Waals surface area contributed by atoms with E-state index in [1.54, 1.807) is 0 Å². The Bertz CT molecular complexity index is 942. The number of unbranched alkanes of at least 4 members (excludes halogenated alkanes) is 19. The molecule has 1 fully saturated rings. The van der Waals surface area contributed by atoms with Crippen LogP contribution in [0, 0.1) is 0 Å². The standard InChI is InChI=1S/C36H71NO12S/c1-3-5-7-9-11-13-14-15-16-17-19-21-23-25-30(40)35(43)37-28(29(39)24-22-20-18-12-10-8-6-4-2)27-47-36-33(42)34(49-50(44,45)46)32(41)31(26-38)48-36/h28-34,36,38-42H,3-27H2,1-2H3,(H,37,43)(H,44,45,46). The fraction of sp³-hybridized carbons (Fsp3) is 0.972. The highest BCUT2D eigenvalue weighted by atomic mass is 32.3. The number of hydrogen-bond acceptors (Lipinski definition) is 11. The van der Waals surface area contributed by atoms with E-state index in [-0.39, 0.29) is 6.42 Å². The van der Waals surface area contributed by atoms with Gasteiger partial charge in [0, 0.05) is 0 Å².